The van der Waals surface area contributed by atoms with Crippen molar-refractivity contribution in [3.63, 3.8) is 0 Å². The number of amides is 1. The molecule has 0 aromatic carbocycles. The van der Waals surface area contributed by atoms with Crippen molar-refractivity contribution < 1.29 is 4.79 Å². The summed E-state index contributed by atoms with van der Waals surface area (Å²) in [5.74, 6) is 0.717. The third-order valence-electron chi connectivity index (χ3n) is 3.75. The van der Waals surface area contributed by atoms with Crippen molar-refractivity contribution in [1.29, 1.82) is 0 Å². The number of aromatic nitrogens is 1. The first-order valence-corrected chi connectivity index (χ1v) is 7.31. The molecule has 20 heavy (non-hydrogen) atoms. The van der Waals surface area contributed by atoms with Gasteiger partial charge in [0.15, 0.2) is 0 Å². The Balaban J connectivity index is 2.39. The molecule has 0 bridgehead atoms. The number of hydrogen-bond donors (Lipinski definition) is 2. The van der Waals surface area contributed by atoms with E-state index >= 15 is 0 Å². The van der Waals surface area contributed by atoms with Gasteiger partial charge in [-0.15, -0.1) is 0 Å². The highest BCUT2D eigenvalue weighted by atomic mass is 16.1. The molecule has 1 aromatic rings. The summed E-state index contributed by atoms with van der Waals surface area (Å²) in [4.78, 5) is 18.3. The topological polar surface area (TPSA) is 85.2 Å². The molecule has 1 aromatic heterocycles. The number of nitrogens with two attached hydrogens (primary N) is 2. The molecule has 110 valence electrons. The fourth-order valence-electron chi connectivity index (χ4n) is 2.90. The van der Waals surface area contributed by atoms with Gasteiger partial charge in [-0.2, -0.15) is 0 Å². The van der Waals surface area contributed by atoms with E-state index in [1.54, 1.807) is 12.3 Å². The number of rotatable bonds is 5. The van der Waals surface area contributed by atoms with E-state index in [0.717, 1.165) is 19.4 Å². The number of hydrogen-bond acceptors (Lipinski definition) is 4. The summed E-state index contributed by atoms with van der Waals surface area (Å²) in [6.07, 6.45) is 6.37. The third-order valence-corrected chi connectivity index (χ3v) is 3.75. The highest BCUT2D eigenvalue weighted by Gasteiger charge is 2.27. The molecule has 1 heterocycles. The van der Waals surface area contributed by atoms with E-state index in [1.165, 1.54) is 12.8 Å². The number of carbonyl (C=O) groups is 1. The van der Waals surface area contributed by atoms with Crippen molar-refractivity contribution in [2.75, 3.05) is 17.2 Å². The molecule has 1 fully saturated rings. The number of pyridine rings is 1. The summed E-state index contributed by atoms with van der Waals surface area (Å²) < 4.78 is 0. The van der Waals surface area contributed by atoms with Gasteiger partial charge in [-0.25, -0.2) is 4.98 Å². The quantitative estimate of drug-likeness (QED) is 0.863. The SMILES string of the molecule is CC(C)CN(c1ncc(N)cc1C(N)=O)C1CCCC1. The fraction of sp³-hybridized carbons (Fsp3) is 0.600. The largest absolute Gasteiger partial charge is 0.397 e. The normalized spacial score (nSPS) is 15.8. The second-order valence-corrected chi connectivity index (χ2v) is 5.99. The van der Waals surface area contributed by atoms with Crippen LogP contribution in [0.4, 0.5) is 11.5 Å². The number of anilines is 2. The van der Waals surface area contributed by atoms with E-state index in [4.69, 9.17) is 11.5 Å². The molecule has 1 aliphatic rings. The Morgan fingerprint density at radius 2 is 2.10 bits per heavy atom. The van der Waals surface area contributed by atoms with Crippen molar-refractivity contribution >= 4 is 17.4 Å². The van der Waals surface area contributed by atoms with Gasteiger partial charge in [-0.1, -0.05) is 26.7 Å². The molecule has 1 amide bonds. The summed E-state index contributed by atoms with van der Waals surface area (Å²) in [5, 5.41) is 0. The Morgan fingerprint density at radius 3 is 2.65 bits per heavy atom. The smallest absolute Gasteiger partial charge is 0.252 e. The molecule has 0 unspecified atom stereocenters. The standard InChI is InChI=1S/C15H24N4O/c1-10(2)9-19(12-5-3-4-6-12)15-13(14(17)20)7-11(16)8-18-15/h7-8,10,12H,3-6,9,16H2,1-2H3,(H2,17,20). The molecule has 4 N–H and O–H groups in total. The van der Waals surface area contributed by atoms with Crippen molar-refractivity contribution in [1.82, 2.24) is 4.98 Å². The van der Waals surface area contributed by atoms with Crippen LogP contribution in [0.1, 0.15) is 49.9 Å². The minimum Gasteiger partial charge on any atom is -0.397 e. The lowest BCUT2D eigenvalue weighted by molar-refractivity contribution is 0.100. The van der Waals surface area contributed by atoms with Gasteiger partial charge in [0.1, 0.15) is 5.82 Å². The molecule has 0 atom stereocenters. The third kappa shape index (κ3) is 3.21. The van der Waals surface area contributed by atoms with Crippen LogP contribution in [0.15, 0.2) is 12.3 Å². The molecular formula is C15H24N4O. The van der Waals surface area contributed by atoms with Crippen LogP contribution in [0, 0.1) is 5.92 Å². The molecule has 0 saturated heterocycles. The minimum atomic E-state index is -0.466. The molecule has 1 aliphatic carbocycles. The fourth-order valence-corrected chi connectivity index (χ4v) is 2.90. The van der Waals surface area contributed by atoms with Crippen LogP contribution >= 0.6 is 0 Å². The molecule has 1 saturated carbocycles. The molecule has 0 radical (unpaired) electrons. The molecule has 2 rings (SSSR count). The molecule has 5 heteroatoms. The summed E-state index contributed by atoms with van der Waals surface area (Å²) in [5.41, 5.74) is 12.1. The zero-order valence-electron chi connectivity index (χ0n) is 12.3. The molecular weight excluding hydrogens is 252 g/mol. The Hall–Kier alpha value is -1.78. The molecule has 0 aliphatic heterocycles. The van der Waals surface area contributed by atoms with Crippen LogP contribution in [-0.2, 0) is 0 Å². The average Bonchev–Trinajstić information content (AvgIpc) is 2.89. The van der Waals surface area contributed by atoms with Gasteiger partial charge in [0.05, 0.1) is 17.4 Å². The predicted octanol–water partition coefficient (Wildman–Crippen LogP) is 2.17. The Bertz CT molecular complexity index is 481. The van der Waals surface area contributed by atoms with Gasteiger partial charge in [0.25, 0.3) is 5.91 Å². The second kappa shape index (κ2) is 6.11. The lowest BCUT2D eigenvalue weighted by atomic mass is 10.1. The van der Waals surface area contributed by atoms with Gasteiger partial charge >= 0.3 is 0 Å². The van der Waals surface area contributed by atoms with E-state index < -0.39 is 5.91 Å². The minimum absolute atomic E-state index is 0.428. The lowest BCUT2D eigenvalue weighted by Crippen LogP contribution is -2.38. The maximum Gasteiger partial charge on any atom is 0.252 e. The summed E-state index contributed by atoms with van der Waals surface area (Å²) in [6.45, 7) is 5.22. The monoisotopic (exact) mass is 276 g/mol. The van der Waals surface area contributed by atoms with Crippen molar-refractivity contribution in [2.24, 2.45) is 11.7 Å². The Morgan fingerprint density at radius 1 is 1.45 bits per heavy atom. The first-order chi connectivity index (χ1) is 9.49. The van der Waals surface area contributed by atoms with Crippen LogP contribution in [0.3, 0.4) is 0 Å². The van der Waals surface area contributed by atoms with Crippen molar-refractivity contribution in [2.45, 2.75) is 45.6 Å². The van der Waals surface area contributed by atoms with Crippen molar-refractivity contribution in [3.05, 3.63) is 17.8 Å². The van der Waals surface area contributed by atoms with Crippen LogP contribution < -0.4 is 16.4 Å². The van der Waals surface area contributed by atoms with E-state index in [9.17, 15) is 4.79 Å². The first kappa shape index (κ1) is 14.6. The van der Waals surface area contributed by atoms with Gasteiger partial charge in [-0.3, -0.25) is 4.79 Å². The van der Waals surface area contributed by atoms with Gasteiger partial charge < -0.3 is 16.4 Å². The van der Waals surface area contributed by atoms with Gasteiger partial charge in [0, 0.05) is 12.6 Å². The molecule has 5 nitrogen and oxygen atoms in total. The maximum absolute atomic E-state index is 11.7. The zero-order valence-corrected chi connectivity index (χ0v) is 12.3. The number of nitrogen functional groups attached to an aromatic ring is 1. The summed E-state index contributed by atoms with van der Waals surface area (Å²) in [7, 11) is 0. The van der Waals surface area contributed by atoms with E-state index in [0.29, 0.717) is 29.0 Å². The van der Waals surface area contributed by atoms with Crippen LogP contribution in [0.5, 0.6) is 0 Å². The van der Waals surface area contributed by atoms with E-state index in [-0.39, 0.29) is 0 Å². The maximum atomic E-state index is 11.7. The number of carbonyl (C=O) groups excluding carboxylic acids is 1. The highest BCUT2D eigenvalue weighted by Crippen LogP contribution is 2.30. The van der Waals surface area contributed by atoms with Crippen LogP contribution in [-0.4, -0.2) is 23.5 Å². The predicted molar refractivity (Wildman–Crippen MR) is 81.6 cm³/mol. The molecule has 0 spiro atoms. The van der Waals surface area contributed by atoms with E-state index in [1.807, 2.05) is 0 Å². The average molecular weight is 276 g/mol. The van der Waals surface area contributed by atoms with Gasteiger partial charge in [0.2, 0.25) is 0 Å². The first-order valence-electron chi connectivity index (χ1n) is 7.31. The number of nitrogens with zero attached hydrogens (tertiary/aromatic N) is 2. The second-order valence-electron chi connectivity index (χ2n) is 5.99. The Kier molecular flexibility index (Phi) is 4.47. The summed E-state index contributed by atoms with van der Waals surface area (Å²) in [6, 6.07) is 2.08. The highest BCUT2D eigenvalue weighted by molar-refractivity contribution is 5.98. The van der Waals surface area contributed by atoms with E-state index in [2.05, 4.69) is 23.7 Å². The number of primary amides is 1. The Labute approximate surface area is 120 Å². The van der Waals surface area contributed by atoms with Crippen LogP contribution in [0.25, 0.3) is 0 Å². The van der Waals surface area contributed by atoms with Crippen LogP contribution in [0.2, 0.25) is 0 Å². The summed E-state index contributed by atoms with van der Waals surface area (Å²) >= 11 is 0. The zero-order chi connectivity index (χ0) is 14.7. The lowest BCUT2D eigenvalue weighted by Gasteiger charge is -2.32. The van der Waals surface area contributed by atoms with Gasteiger partial charge in [-0.05, 0) is 24.8 Å². The van der Waals surface area contributed by atoms with Crippen molar-refractivity contribution in [3.8, 4) is 0 Å².